The van der Waals surface area contributed by atoms with Crippen LogP contribution in [0.5, 0.6) is 0 Å². The molecule has 1 atom stereocenters. The molecule has 0 aliphatic carbocycles. The van der Waals surface area contributed by atoms with Gasteiger partial charge in [0.25, 0.3) is 0 Å². The van der Waals surface area contributed by atoms with Crippen molar-refractivity contribution in [2.24, 2.45) is 0 Å². The highest BCUT2D eigenvalue weighted by molar-refractivity contribution is 5.19. The summed E-state index contributed by atoms with van der Waals surface area (Å²) in [6.07, 6.45) is 8.20. The number of nitrogens with one attached hydrogen (secondary N) is 1. The fourth-order valence-corrected chi connectivity index (χ4v) is 1.79. The second kappa shape index (κ2) is 9.00. The molecular weight excluding hydrogens is 206 g/mol. The van der Waals surface area contributed by atoms with Crippen LogP contribution in [0.4, 0.5) is 0 Å². The van der Waals surface area contributed by atoms with Crippen LogP contribution < -0.4 is 5.32 Å². The smallest absolute Gasteiger partial charge is 0.0134 e. The molecule has 0 spiro atoms. The summed E-state index contributed by atoms with van der Waals surface area (Å²) in [5.41, 5.74) is 1.43. The first-order valence-corrected chi connectivity index (χ1v) is 6.75. The highest BCUT2D eigenvalue weighted by Crippen LogP contribution is 2.18. The van der Waals surface area contributed by atoms with Crippen molar-refractivity contribution in [3.63, 3.8) is 0 Å². The van der Waals surface area contributed by atoms with Gasteiger partial charge in [-0.2, -0.15) is 0 Å². The molecule has 0 aliphatic rings. The summed E-state index contributed by atoms with van der Waals surface area (Å²) in [7, 11) is 0. The van der Waals surface area contributed by atoms with Crippen LogP contribution in [0.15, 0.2) is 42.5 Å². The normalized spacial score (nSPS) is 13.1. The molecule has 1 unspecified atom stereocenters. The molecule has 0 fully saturated rings. The molecule has 17 heavy (non-hydrogen) atoms. The molecular formula is C16H25N. The molecule has 0 saturated heterocycles. The maximum atomic E-state index is 3.41. The summed E-state index contributed by atoms with van der Waals surface area (Å²) in [5.74, 6) is 0.614. The van der Waals surface area contributed by atoms with Crippen LogP contribution in [-0.2, 0) is 0 Å². The van der Waals surface area contributed by atoms with Crippen molar-refractivity contribution in [2.45, 2.75) is 39.0 Å². The minimum atomic E-state index is 0.614. The SMILES string of the molecule is CCCCNC/C=C/CC(C)c1ccccc1. The van der Waals surface area contributed by atoms with E-state index in [1.807, 2.05) is 0 Å². The van der Waals surface area contributed by atoms with Crippen LogP contribution in [0.3, 0.4) is 0 Å². The van der Waals surface area contributed by atoms with Gasteiger partial charge in [-0.05, 0) is 30.9 Å². The molecule has 1 nitrogen and oxygen atoms in total. The molecule has 1 rings (SSSR count). The van der Waals surface area contributed by atoms with Gasteiger partial charge in [-0.15, -0.1) is 0 Å². The van der Waals surface area contributed by atoms with E-state index in [9.17, 15) is 0 Å². The van der Waals surface area contributed by atoms with E-state index < -0.39 is 0 Å². The summed E-state index contributed by atoms with van der Waals surface area (Å²) in [4.78, 5) is 0. The van der Waals surface area contributed by atoms with Gasteiger partial charge >= 0.3 is 0 Å². The van der Waals surface area contributed by atoms with Crippen LogP contribution in [0.2, 0.25) is 0 Å². The third kappa shape index (κ3) is 6.28. The predicted octanol–water partition coefficient (Wildman–Crippen LogP) is 4.13. The first-order chi connectivity index (χ1) is 8.34. The van der Waals surface area contributed by atoms with E-state index in [0.29, 0.717) is 5.92 Å². The summed E-state index contributed by atoms with van der Waals surface area (Å²) < 4.78 is 0. The Kier molecular flexibility index (Phi) is 7.40. The number of unbranched alkanes of at least 4 members (excludes halogenated alkanes) is 1. The number of hydrogen-bond donors (Lipinski definition) is 1. The lowest BCUT2D eigenvalue weighted by molar-refractivity contribution is 0.679. The molecule has 1 aromatic carbocycles. The molecule has 0 radical (unpaired) electrons. The standard InChI is InChI=1S/C16H25N/c1-3-4-13-17-14-9-8-10-15(2)16-11-6-5-7-12-16/h5-9,11-12,15,17H,3-4,10,13-14H2,1-2H3/b9-8+. The number of hydrogen-bond acceptors (Lipinski definition) is 1. The van der Waals surface area contributed by atoms with E-state index in [1.165, 1.54) is 18.4 Å². The summed E-state index contributed by atoms with van der Waals surface area (Å²) in [5, 5.41) is 3.41. The molecule has 1 N–H and O–H groups in total. The summed E-state index contributed by atoms with van der Waals surface area (Å²) >= 11 is 0. The largest absolute Gasteiger partial charge is 0.313 e. The van der Waals surface area contributed by atoms with Crippen molar-refractivity contribution in [3.8, 4) is 0 Å². The number of allylic oxidation sites excluding steroid dienone is 1. The van der Waals surface area contributed by atoms with Crippen molar-refractivity contribution in [2.75, 3.05) is 13.1 Å². The highest BCUT2D eigenvalue weighted by atomic mass is 14.8. The van der Waals surface area contributed by atoms with E-state index >= 15 is 0 Å². The highest BCUT2D eigenvalue weighted by Gasteiger charge is 2.00. The lowest BCUT2D eigenvalue weighted by Gasteiger charge is -2.08. The van der Waals surface area contributed by atoms with Crippen molar-refractivity contribution in [1.82, 2.24) is 5.32 Å². The van der Waals surface area contributed by atoms with Crippen molar-refractivity contribution in [1.29, 1.82) is 0 Å². The molecule has 0 heterocycles. The maximum absolute atomic E-state index is 3.41. The van der Waals surface area contributed by atoms with Gasteiger partial charge in [0.15, 0.2) is 0 Å². The second-order valence-electron chi connectivity index (χ2n) is 4.58. The Morgan fingerprint density at radius 1 is 1.18 bits per heavy atom. The first kappa shape index (κ1) is 14.0. The molecule has 0 aliphatic heterocycles. The maximum Gasteiger partial charge on any atom is 0.0134 e. The third-order valence-corrected chi connectivity index (χ3v) is 2.99. The molecule has 94 valence electrons. The minimum absolute atomic E-state index is 0.614. The van der Waals surface area contributed by atoms with Crippen LogP contribution in [0.25, 0.3) is 0 Å². The van der Waals surface area contributed by atoms with Gasteiger partial charge in [0.2, 0.25) is 0 Å². The Labute approximate surface area is 106 Å². The van der Waals surface area contributed by atoms with Crippen LogP contribution in [0, 0.1) is 0 Å². The van der Waals surface area contributed by atoms with Crippen LogP contribution in [0.1, 0.15) is 44.6 Å². The predicted molar refractivity (Wildman–Crippen MR) is 76.4 cm³/mol. The zero-order valence-electron chi connectivity index (χ0n) is 11.2. The van der Waals surface area contributed by atoms with Crippen molar-refractivity contribution in [3.05, 3.63) is 48.0 Å². The van der Waals surface area contributed by atoms with Gasteiger partial charge in [-0.3, -0.25) is 0 Å². The third-order valence-electron chi connectivity index (χ3n) is 2.99. The second-order valence-corrected chi connectivity index (χ2v) is 4.58. The monoisotopic (exact) mass is 231 g/mol. The molecule has 0 amide bonds. The van der Waals surface area contributed by atoms with Gasteiger partial charge in [0.05, 0.1) is 0 Å². The Balaban J connectivity index is 2.15. The quantitative estimate of drug-likeness (QED) is 0.524. The van der Waals surface area contributed by atoms with Crippen LogP contribution >= 0.6 is 0 Å². The molecule has 1 heteroatoms. The lowest BCUT2D eigenvalue weighted by atomic mass is 9.98. The summed E-state index contributed by atoms with van der Waals surface area (Å²) in [6, 6.07) is 10.7. The average Bonchev–Trinajstić information content (AvgIpc) is 2.38. The zero-order chi connectivity index (χ0) is 12.3. The van der Waals surface area contributed by atoms with Gasteiger partial charge in [-0.1, -0.05) is 62.8 Å². The van der Waals surface area contributed by atoms with E-state index in [2.05, 4.69) is 61.6 Å². The molecule has 0 bridgehead atoms. The average molecular weight is 231 g/mol. The van der Waals surface area contributed by atoms with E-state index in [4.69, 9.17) is 0 Å². The van der Waals surface area contributed by atoms with Crippen LogP contribution in [-0.4, -0.2) is 13.1 Å². The zero-order valence-corrected chi connectivity index (χ0v) is 11.2. The number of rotatable bonds is 8. The van der Waals surface area contributed by atoms with Gasteiger partial charge in [0, 0.05) is 6.54 Å². The van der Waals surface area contributed by atoms with Crippen molar-refractivity contribution < 1.29 is 0 Å². The van der Waals surface area contributed by atoms with E-state index in [1.54, 1.807) is 0 Å². The molecule has 0 saturated carbocycles. The van der Waals surface area contributed by atoms with Gasteiger partial charge in [0.1, 0.15) is 0 Å². The Morgan fingerprint density at radius 2 is 1.94 bits per heavy atom. The fraction of sp³-hybridized carbons (Fsp3) is 0.500. The van der Waals surface area contributed by atoms with Gasteiger partial charge in [-0.25, -0.2) is 0 Å². The Bertz CT molecular complexity index is 303. The number of benzene rings is 1. The molecule has 0 aromatic heterocycles. The Morgan fingerprint density at radius 3 is 2.65 bits per heavy atom. The van der Waals surface area contributed by atoms with Crippen molar-refractivity contribution >= 4 is 0 Å². The minimum Gasteiger partial charge on any atom is -0.313 e. The fourth-order valence-electron chi connectivity index (χ4n) is 1.79. The topological polar surface area (TPSA) is 12.0 Å². The van der Waals surface area contributed by atoms with E-state index in [0.717, 1.165) is 19.5 Å². The summed E-state index contributed by atoms with van der Waals surface area (Å²) in [6.45, 7) is 6.64. The lowest BCUT2D eigenvalue weighted by Crippen LogP contribution is -2.14. The first-order valence-electron chi connectivity index (χ1n) is 6.75. The Hall–Kier alpha value is -1.08. The van der Waals surface area contributed by atoms with Gasteiger partial charge < -0.3 is 5.32 Å². The molecule has 1 aromatic rings. The van der Waals surface area contributed by atoms with E-state index in [-0.39, 0.29) is 0 Å².